The van der Waals surface area contributed by atoms with E-state index in [1.807, 2.05) is 0 Å². The molecule has 0 bridgehead atoms. The van der Waals surface area contributed by atoms with Crippen molar-refractivity contribution in [2.45, 2.75) is 19.9 Å². The lowest BCUT2D eigenvalue weighted by Crippen LogP contribution is -2.45. The van der Waals surface area contributed by atoms with E-state index >= 15 is 0 Å². The lowest BCUT2D eigenvalue weighted by Gasteiger charge is -2.24. The maximum atomic E-state index is 12.0. The molecule has 1 aromatic rings. The van der Waals surface area contributed by atoms with Crippen LogP contribution in [-0.2, 0) is 9.59 Å². The van der Waals surface area contributed by atoms with E-state index in [1.165, 1.54) is 18.2 Å². The smallest absolute Gasteiger partial charge is 0.323 e. The van der Waals surface area contributed by atoms with Gasteiger partial charge in [-0.15, -0.1) is 0 Å². The number of aliphatic carboxylic acids is 1. The third-order valence-corrected chi connectivity index (χ3v) is 3.57. The summed E-state index contributed by atoms with van der Waals surface area (Å²) in [5.74, 6) is -2.09. The van der Waals surface area contributed by atoms with Crippen molar-refractivity contribution in [2.24, 2.45) is 0 Å². The van der Waals surface area contributed by atoms with E-state index in [4.69, 9.17) is 28.3 Å². The molecule has 0 saturated carbocycles. The number of carboxylic acids is 1. The summed E-state index contributed by atoms with van der Waals surface area (Å²) >= 11 is 11.6. The summed E-state index contributed by atoms with van der Waals surface area (Å²) in [7, 11) is 0. The molecule has 22 heavy (non-hydrogen) atoms. The number of hydrogen-bond donors (Lipinski definition) is 2. The van der Waals surface area contributed by atoms with Gasteiger partial charge < -0.3 is 15.3 Å². The summed E-state index contributed by atoms with van der Waals surface area (Å²) < 4.78 is 0. The maximum absolute atomic E-state index is 12.0. The molecule has 0 aromatic heterocycles. The van der Waals surface area contributed by atoms with Crippen LogP contribution in [0.25, 0.3) is 0 Å². The summed E-state index contributed by atoms with van der Waals surface area (Å²) in [6.07, 6.45) is 0. The highest BCUT2D eigenvalue weighted by Gasteiger charge is 2.20. The van der Waals surface area contributed by atoms with Crippen LogP contribution in [0.4, 0.5) is 0 Å². The number of benzene rings is 1. The van der Waals surface area contributed by atoms with Crippen LogP contribution in [0.15, 0.2) is 18.2 Å². The highest BCUT2D eigenvalue weighted by Crippen LogP contribution is 2.22. The van der Waals surface area contributed by atoms with Crippen molar-refractivity contribution in [1.29, 1.82) is 0 Å². The summed E-state index contributed by atoms with van der Waals surface area (Å²) in [4.78, 5) is 35.8. The number of carbonyl (C=O) groups excluding carboxylic acids is 2. The highest BCUT2D eigenvalue weighted by atomic mass is 35.5. The zero-order valence-electron chi connectivity index (χ0n) is 12.1. The van der Waals surface area contributed by atoms with Gasteiger partial charge in [-0.3, -0.25) is 14.4 Å². The predicted octanol–water partition coefficient (Wildman–Crippen LogP) is 2.04. The third kappa shape index (κ3) is 5.20. The Kier molecular flexibility index (Phi) is 6.64. The van der Waals surface area contributed by atoms with Crippen molar-refractivity contribution < 1.29 is 19.5 Å². The first-order valence-corrected chi connectivity index (χ1v) is 7.22. The second-order valence-electron chi connectivity index (χ2n) is 4.82. The molecule has 0 heterocycles. The molecule has 0 aliphatic heterocycles. The number of carboxylic acid groups (broad SMARTS) is 1. The Bertz CT molecular complexity index is 590. The normalized spacial score (nSPS) is 10.4. The Morgan fingerprint density at radius 3 is 2.36 bits per heavy atom. The minimum Gasteiger partial charge on any atom is -0.480 e. The number of hydrogen-bond acceptors (Lipinski definition) is 3. The Balaban J connectivity index is 2.67. The molecule has 0 aliphatic carbocycles. The van der Waals surface area contributed by atoms with E-state index in [1.54, 1.807) is 13.8 Å². The molecular formula is C14H16Cl2N2O4. The highest BCUT2D eigenvalue weighted by molar-refractivity contribution is 6.42. The minimum absolute atomic E-state index is 0.232. The Labute approximate surface area is 138 Å². The molecule has 1 rings (SSSR count). The van der Waals surface area contributed by atoms with Gasteiger partial charge >= 0.3 is 5.97 Å². The fourth-order valence-corrected chi connectivity index (χ4v) is 2.00. The van der Waals surface area contributed by atoms with E-state index in [-0.39, 0.29) is 23.2 Å². The van der Waals surface area contributed by atoms with Gasteiger partial charge in [0.15, 0.2) is 0 Å². The van der Waals surface area contributed by atoms with Crippen LogP contribution < -0.4 is 5.32 Å². The van der Waals surface area contributed by atoms with Gasteiger partial charge in [-0.25, -0.2) is 0 Å². The predicted molar refractivity (Wildman–Crippen MR) is 83.3 cm³/mol. The van der Waals surface area contributed by atoms with Crippen molar-refractivity contribution in [3.05, 3.63) is 33.8 Å². The van der Waals surface area contributed by atoms with Crippen molar-refractivity contribution in [1.82, 2.24) is 10.2 Å². The van der Waals surface area contributed by atoms with Crippen LogP contribution in [0.1, 0.15) is 24.2 Å². The van der Waals surface area contributed by atoms with E-state index in [9.17, 15) is 14.4 Å². The van der Waals surface area contributed by atoms with Crippen LogP contribution in [0.5, 0.6) is 0 Å². The SMILES string of the molecule is CC(C)N(CC(=O)O)C(=O)CNC(=O)c1ccc(Cl)c(Cl)c1. The number of halogens is 2. The Morgan fingerprint density at radius 1 is 1.23 bits per heavy atom. The van der Waals surface area contributed by atoms with E-state index in [0.717, 1.165) is 4.90 Å². The van der Waals surface area contributed by atoms with Crippen LogP contribution in [-0.4, -0.2) is 46.9 Å². The quantitative estimate of drug-likeness (QED) is 0.825. The molecule has 0 saturated heterocycles. The molecule has 0 spiro atoms. The molecule has 0 unspecified atom stereocenters. The third-order valence-electron chi connectivity index (χ3n) is 2.83. The van der Waals surface area contributed by atoms with Crippen LogP contribution in [0.2, 0.25) is 10.0 Å². The fourth-order valence-electron chi connectivity index (χ4n) is 1.70. The van der Waals surface area contributed by atoms with Gasteiger partial charge in [0.2, 0.25) is 5.91 Å². The van der Waals surface area contributed by atoms with E-state index in [2.05, 4.69) is 5.32 Å². The number of carbonyl (C=O) groups is 3. The van der Waals surface area contributed by atoms with Gasteiger partial charge in [0.25, 0.3) is 5.91 Å². The first kappa shape index (κ1) is 18.3. The van der Waals surface area contributed by atoms with Gasteiger partial charge in [0.05, 0.1) is 16.6 Å². The first-order valence-electron chi connectivity index (χ1n) is 6.47. The number of nitrogens with zero attached hydrogens (tertiary/aromatic N) is 1. The Morgan fingerprint density at radius 2 is 1.86 bits per heavy atom. The lowest BCUT2D eigenvalue weighted by atomic mass is 10.2. The largest absolute Gasteiger partial charge is 0.480 e. The molecule has 0 atom stereocenters. The first-order chi connectivity index (χ1) is 10.2. The van der Waals surface area contributed by atoms with Gasteiger partial charge in [-0.05, 0) is 32.0 Å². The minimum atomic E-state index is -1.11. The van der Waals surface area contributed by atoms with Gasteiger partial charge in [-0.2, -0.15) is 0 Å². The zero-order valence-corrected chi connectivity index (χ0v) is 13.6. The standard InChI is InChI=1S/C14H16Cl2N2O4/c1-8(2)18(7-13(20)21)12(19)6-17-14(22)9-3-4-10(15)11(16)5-9/h3-5,8H,6-7H2,1-2H3,(H,17,22)(H,20,21). The van der Waals surface area contributed by atoms with Crippen molar-refractivity contribution in [3.63, 3.8) is 0 Å². The Hall–Kier alpha value is -1.79. The molecule has 0 radical (unpaired) electrons. The average molecular weight is 347 g/mol. The number of amides is 2. The van der Waals surface area contributed by atoms with Gasteiger partial charge in [0.1, 0.15) is 6.54 Å². The summed E-state index contributed by atoms with van der Waals surface area (Å²) in [5.41, 5.74) is 0.261. The van der Waals surface area contributed by atoms with Crippen molar-refractivity contribution in [2.75, 3.05) is 13.1 Å². The van der Waals surface area contributed by atoms with Crippen molar-refractivity contribution >= 4 is 41.0 Å². The molecule has 8 heteroatoms. The molecule has 0 fully saturated rings. The monoisotopic (exact) mass is 346 g/mol. The summed E-state index contributed by atoms with van der Waals surface area (Å²) in [6, 6.07) is 4.06. The molecule has 2 amide bonds. The zero-order chi connectivity index (χ0) is 16.9. The van der Waals surface area contributed by atoms with Crippen LogP contribution >= 0.6 is 23.2 Å². The molecule has 2 N–H and O–H groups in total. The summed E-state index contributed by atoms with van der Waals surface area (Å²) in [5, 5.41) is 11.8. The second-order valence-corrected chi connectivity index (χ2v) is 5.64. The fraction of sp³-hybridized carbons (Fsp3) is 0.357. The van der Waals surface area contributed by atoms with Crippen LogP contribution in [0.3, 0.4) is 0 Å². The molecule has 0 aliphatic rings. The van der Waals surface area contributed by atoms with Gasteiger partial charge in [0, 0.05) is 11.6 Å². The molecule has 6 nitrogen and oxygen atoms in total. The number of rotatable bonds is 6. The maximum Gasteiger partial charge on any atom is 0.323 e. The lowest BCUT2D eigenvalue weighted by molar-refractivity contribution is -0.145. The average Bonchev–Trinajstić information content (AvgIpc) is 2.44. The van der Waals surface area contributed by atoms with Crippen molar-refractivity contribution in [3.8, 4) is 0 Å². The topological polar surface area (TPSA) is 86.7 Å². The summed E-state index contributed by atoms with van der Waals surface area (Å²) in [6.45, 7) is 2.67. The molecular weight excluding hydrogens is 331 g/mol. The molecule has 1 aromatic carbocycles. The van der Waals surface area contributed by atoms with E-state index in [0.29, 0.717) is 5.02 Å². The molecule has 120 valence electrons. The second kappa shape index (κ2) is 8.00. The number of nitrogens with one attached hydrogen (secondary N) is 1. The van der Waals surface area contributed by atoms with E-state index < -0.39 is 24.3 Å². The van der Waals surface area contributed by atoms with Crippen LogP contribution in [0, 0.1) is 0 Å². The van der Waals surface area contributed by atoms with Gasteiger partial charge in [-0.1, -0.05) is 23.2 Å².